The smallest absolute Gasteiger partial charge is 0.317 e. The molecule has 0 amide bonds. The van der Waals surface area contributed by atoms with E-state index in [2.05, 4.69) is 6.92 Å². The summed E-state index contributed by atoms with van der Waals surface area (Å²) in [5.41, 5.74) is 1.38. The number of ether oxygens (including phenoxy) is 1. The Labute approximate surface area is 115 Å². The van der Waals surface area contributed by atoms with E-state index in [1.807, 2.05) is 13.0 Å². The first-order valence-electron chi connectivity index (χ1n) is 7.12. The zero-order chi connectivity index (χ0) is 14.3. The standard InChI is InChI=1S/C16H24O3/c1-4-5-6-7-8-9-10-13-14(17)11-12(2)15(13)16(18)19-3/h10-11,15H,4-9H2,1-3H3/b13-10-. The minimum atomic E-state index is -0.479. The minimum Gasteiger partial charge on any atom is -0.468 e. The summed E-state index contributed by atoms with van der Waals surface area (Å²) in [4.78, 5) is 23.5. The fourth-order valence-corrected chi connectivity index (χ4v) is 2.42. The van der Waals surface area contributed by atoms with Crippen molar-refractivity contribution in [3.8, 4) is 0 Å². The van der Waals surface area contributed by atoms with Gasteiger partial charge in [0, 0.05) is 5.57 Å². The third-order valence-electron chi connectivity index (χ3n) is 3.52. The van der Waals surface area contributed by atoms with Gasteiger partial charge in [-0.05, 0) is 25.8 Å². The Morgan fingerprint density at radius 3 is 2.63 bits per heavy atom. The largest absolute Gasteiger partial charge is 0.468 e. The molecule has 3 nitrogen and oxygen atoms in total. The van der Waals surface area contributed by atoms with Crippen LogP contribution in [0.2, 0.25) is 0 Å². The van der Waals surface area contributed by atoms with Gasteiger partial charge in [0.2, 0.25) is 0 Å². The molecule has 0 aromatic rings. The average Bonchev–Trinajstić information content (AvgIpc) is 2.67. The SMILES string of the molecule is CCCCCCC/C=C1/C(=O)C=C(C)C1C(=O)OC. The van der Waals surface area contributed by atoms with Gasteiger partial charge in [-0.1, -0.05) is 44.3 Å². The van der Waals surface area contributed by atoms with E-state index in [0.29, 0.717) is 5.57 Å². The number of hydrogen-bond acceptors (Lipinski definition) is 3. The second kappa shape index (κ2) is 7.93. The molecule has 106 valence electrons. The molecular weight excluding hydrogens is 240 g/mol. The highest BCUT2D eigenvalue weighted by Gasteiger charge is 2.34. The minimum absolute atomic E-state index is 0.0403. The van der Waals surface area contributed by atoms with E-state index in [1.54, 1.807) is 6.08 Å². The Kier molecular flexibility index (Phi) is 6.54. The molecule has 0 radical (unpaired) electrons. The number of esters is 1. The quantitative estimate of drug-likeness (QED) is 0.401. The summed E-state index contributed by atoms with van der Waals surface area (Å²) in [6.07, 6.45) is 10.3. The van der Waals surface area contributed by atoms with Crippen LogP contribution < -0.4 is 0 Å². The molecule has 0 fully saturated rings. The van der Waals surface area contributed by atoms with E-state index >= 15 is 0 Å². The van der Waals surface area contributed by atoms with Crippen LogP contribution in [0.3, 0.4) is 0 Å². The zero-order valence-electron chi connectivity index (χ0n) is 12.2. The molecule has 1 atom stereocenters. The number of allylic oxidation sites excluding steroid dienone is 2. The summed E-state index contributed by atoms with van der Waals surface area (Å²) in [6, 6.07) is 0. The fourth-order valence-electron chi connectivity index (χ4n) is 2.42. The van der Waals surface area contributed by atoms with E-state index in [9.17, 15) is 9.59 Å². The molecule has 1 aliphatic rings. The summed E-state index contributed by atoms with van der Waals surface area (Å²) in [5, 5.41) is 0. The Balaban J connectivity index is 2.54. The first-order chi connectivity index (χ1) is 9.11. The van der Waals surface area contributed by atoms with Gasteiger partial charge < -0.3 is 4.74 Å². The van der Waals surface area contributed by atoms with E-state index in [4.69, 9.17) is 4.74 Å². The second-order valence-corrected chi connectivity index (χ2v) is 5.07. The van der Waals surface area contributed by atoms with Crippen LogP contribution in [0.4, 0.5) is 0 Å². The van der Waals surface area contributed by atoms with Crippen molar-refractivity contribution in [1.29, 1.82) is 0 Å². The van der Waals surface area contributed by atoms with E-state index in [0.717, 1.165) is 18.4 Å². The molecule has 3 heteroatoms. The third-order valence-corrected chi connectivity index (χ3v) is 3.52. The number of carbonyl (C=O) groups is 2. The lowest BCUT2D eigenvalue weighted by atomic mass is 9.96. The summed E-state index contributed by atoms with van der Waals surface area (Å²) >= 11 is 0. The third kappa shape index (κ3) is 4.34. The Bertz CT molecular complexity index is 391. The Morgan fingerprint density at radius 2 is 2.00 bits per heavy atom. The molecule has 1 unspecified atom stereocenters. The Hall–Kier alpha value is -1.38. The lowest BCUT2D eigenvalue weighted by molar-refractivity contribution is -0.143. The molecular formula is C16H24O3. The van der Waals surface area contributed by atoms with Gasteiger partial charge in [0.15, 0.2) is 5.78 Å². The molecule has 0 aliphatic heterocycles. The molecule has 19 heavy (non-hydrogen) atoms. The van der Waals surface area contributed by atoms with E-state index in [1.165, 1.54) is 32.8 Å². The lowest BCUT2D eigenvalue weighted by Crippen LogP contribution is -2.18. The van der Waals surface area contributed by atoms with Crippen LogP contribution in [0.25, 0.3) is 0 Å². The second-order valence-electron chi connectivity index (χ2n) is 5.07. The average molecular weight is 264 g/mol. The van der Waals surface area contributed by atoms with Gasteiger partial charge in [0.25, 0.3) is 0 Å². The van der Waals surface area contributed by atoms with Crippen LogP contribution in [0.1, 0.15) is 52.4 Å². The van der Waals surface area contributed by atoms with Crippen LogP contribution in [-0.2, 0) is 14.3 Å². The number of methoxy groups -OCH3 is 1. The van der Waals surface area contributed by atoms with Crippen molar-refractivity contribution in [3.63, 3.8) is 0 Å². The molecule has 0 bridgehead atoms. The van der Waals surface area contributed by atoms with Crippen molar-refractivity contribution < 1.29 is 14.3 Å². The number of rotatable bonds is 7. The first kappa shape index (κ1) is 15.7. The monoisotopic (exact) mass is 264 g/mol. The van der Waals surface area contributed by atoms with Crippen LogP contribution in [-0.4, -0.2) is 18.9 Å². The van der Waals surface area contributed by atoms with Gasteiger partial charge in [0.05, 0.1) is 7.11 Å². The molecule has 0 spiro atoms. The number of carbonyl (C=O) groups excluding carboxylic acids is 2. The first-order valence-corrected chi connectivity index (χ1v) is 7.12. The van der Waals surface area contributed by atoms with Gasteiger partial charge >= 0.3 is 5.97 Å². The maximum absolute atomic E-state index is 11.8. The lowest BCUT2D eigenvalue weighted by Gasteiger charge is -2.11. The predicted molar refractivity (Wildman–Crippen MR) is 75.7 cm³/mol. The van der Waals surface area contributed by atoms with Crippen LogP contribution in [0, 0.1) is 5.92 Å². The highest BCUT2D eigenvalue weighted by atomic mass is 16.5. The van der Waals surface area contributed by atoms with Gasteiger partial charge in [-0.3, -0.25) is 9.59 Å². The maximum atomic E-state index is 11.8. The number of hydrogen-bond donors (Lipinski definition) is 0. The van der Waals surface area contributed by atoms with Crippen LogP contribution >= 0.6 is 0 Å². The molecule has 1 aliphatic carbocycles. The molecule has 0 aromatic heterocycles. The molecule has 0 heterocycles. The molecule has 0 aromatic carbocycles. The number of unbranched alkanes of at least 4 members (excludes halogenated alkanes) is 5. The van der Waals surface area contributed by atoms with Crippen LogP contribution in [0.5, 0.6) is 0 Å². The van der Waals surface area contributed by atoms with Gasteiger partial charge in [0.1, 0.15) is 5.92 Å². The van der Waals surface area contributed by atoms with E-state index < -0.39 is 5.92 Å². The fraction of sp³-hybridized carbons (Fsp3) is 0.625. The normalized spacial score (nSPS) is 20.8. The van der Waals surface area contributed by atoms with Crippen molar-refractivity contribution in [2.24, 2.45) is 5.92 Å². The van der Waals surface area contributed by atoms with Crippen molar-refractivity contribution in [3.05, 3.63) is 23.3 Å². The highest BCUT2D eigenvalue weighted by molar-refractivity contribution is 6.12. The van der Waals surface area contributed by atoms with Crippen molar-refractivity contribution in [2.45, 2.75) is 52.4 Å². The molecule has 0 saturated heterocycles. The predicted octanol–water partition coefficient (Wildman–Crippen LogP) is 3.59. The van der Waals surface area contributed by atoms with Crippen molar-refractivity contribution in [1.82, 2.24) is 0 Å². The van der Waals surface area contributed by atoms with Crippen LogP contribution in [0.15, 0.2) is 23.3 Å². The topological polar surface area (TPSA) is 43.4 Å². The van der Waals surface area contributed by atoms with Crippen molar-refractivity contribution >= 4 is 11.8 Å². The summed E-state index contributed by atoms with van der Waals surface area (Å²) < 4.78 is 4.77. The summed E-state index contributed by atoms with van der Waals surface area (Å²) in [5.74, 6) is -0.855. The van der Waals surface area contributed by atoms with E-state index in [-0.39, 0.29) is 11.8 Å². The summed E-state index contributed by atoms with van der Waals surface area (Å²) in [6.45, 7) is 4.00. The molecule has 0 N–H and O–H groups in total. The van der Waals surface area contributed by atoms with Crippen molar-refractivity contribution in [2.75, 3.05) is 7.11 Å². The zero-order valence-corrected chi connectivity index (χ0v) is 12.2. The highest BCUT2D eigenvalue weighted by Crippen LogP contribution is 2.30. The van der Waals surface area contributed by atoms with Gasteiger partial charge in [-0.15, -0.1) is 0 Å². The van der Waals surface area contributed by atoms with Gasteiger partial charge in [-0.25, -0.2) is 0 Å². The number of ketones is 1. The summed E-state index contributed by atoms with van der Waals surface area (Å²) in [7, 11) is 1.36. The maximum Gasteiger partial charge on any atom is 0.317 e. The molecule has 1 rings (SSSR count). The Morgan fingerprint density at radius 1 is 1.32 bits per heavy atom. The van der Waals surface area contributed by atoms with Gasteiger partial charge in [-0.2, -0.15) is 0 Å². The molecule has 0 saturated carbocycles.